The summed E-state index contributed by atoms with van der Waals surface area (Å²) in [6, 6.07) is 0. The van der Waals surface area contributed by atoms with Gasteiger partial charge in [0.05, 0.1) is 6.54 Å². The molecule has 4 nitrogen and oxygen atoms in total. The molecule has 2 aliphatic rings. The van der Waals surface area contributed by atoms with Gasteiger partial charge in [-0.15, -0.1) is 0 Å². The summed E-state index contributed by atoms with van der Waals surface area (Å²) in [6.07, 6.45) is 24.4. The molecule has 0 radical (unpaired) electrons. The number of unbranched alkanes of at least 4 members (excludes halogenated alkanes) is 15. The Bertz CT molecular complexity index is 435. The quantitative estimate of drug-likeness (QED) is 0.172. The van der Waals surface area contributed by atoms with E-state index in [9.17, 15) is 4.79 Å². The van der Waals surface area contributed by atoms with Gasteiger partial charge in [0.2, 0.25) is 5.91 Å². The molecule has 0 aromatic heterocycles. The van der Waals surface area contributed by atoms with Gasteiger partial charge in [-0.25, -0.2) is 0 Å². The van der Waals surface area contributed by atoms with Crippen LogP contribution in [0.2, 0.25) is 0 Å². The molecule has 0 aromatic carbocycles. The monoisotopic (exact) mass is 423 g/mol. The number of nitrogens with zero attached hydrogens (tertiary/aromatic N) is 2. The van der Waals surface area contributed by atoms with E-state index in [1.54, 1.807) is 0 Å². The Morgan fingerprint density at radius 3 is 1.77 bits per heavy atom. The van der Waals surface area contributed by atoms with Crippen LogP contribution >= 0.6 is 0 Å². The van der Waals surface area contributed by atoms with Crippen molar-refractivity contribution in [2.45, 2.75) is 122 Å². The van der Waals surface area contributed by atoms with Crippen LogP contribution in [0.15, 0.2) is 0 Å². The first-order valence-corrected chi connectivity index (χ1v) is 13.5. The number of carbonyl (C=O) groups is 1. The molecule has 2 rings (SSSR count). The van der Waals surface area contributed by atoms with Crippen LogP contribution in [0.1, 0.15) is 122 Å². The van der Waals surface area contributed by atoms with Crippen molar-refractivity contribution in [3.05, 3.63) is 0 Å². The van der Waals surface area contributed by atoms with Crippen LogP contribution in [0.4, 0.5) is 0 Å². The maximum atomic E-state index is 12.0. The van der Waals surface area contributed by atoms with Crippen molar-refractivity contribution in [3.8, 4) is 0 Å². The number of amides is 1. The third-order valence-electron chi connectivity index (χ3n) is 7.20. The summed E-state index contributed by atoms with van der Waals surface area (Å²) in [4.78, 5) is 14.1. The average Bonchev–Trinajstić information content (AvgIpc) is 3.37. The molecule has 0 N–H and O–H groups in total. The minimum atomic E-state index is 0.353. The van der Waals surface area contributed by atoms with Crippen molar-refractivity contribution in [1.29, 1.82) is 0 Å². The van der Waals surface area contributed by atoms with Crippen molar-refractivity contribution in [1.82, 2.24) is 4.90 Å². The second-order valence-electron chi connectivity index (χ2n) is 10.0. The van der Waals surface area contributed by atoms with Gasteiger partial charge in [0.15, 0.2) is 13.4 Å². The summed E-state index contributed by atoms with van der Waals surface area (Å²) < 4.78 is 6.71. The van der Waals surface area contributed by atoms with Crippen LogP contribution in [-0.4, -0.2) is 54.9 Å². The van der Waals surface area contributed by atoms with Gasteiger partial charge in [-0.1, -0.05) is 96.8 Å². The average molecular weight is 424 g/mol. The molecule has 1 amide bonds. The Morgan fingerprint density at radius 1 is 0.800 bits per heavy atom. The van der Waals surface area contributed by atoms with Crippen LogP contribution in [-0.2, 0) is 9.53 Å². The molecular weight excluding hydrogens is 372 g/mol. The zero-order valence-electron chi connectivity index (χ0n) is 20.2. The normalized spacial score (nSPS) is 21.8. The molecule has 2 aliphatic heterocycles. The minimum Gasteiger partial charge on any atom is -0.326 e. The van der Waals surface area contributed by atoms with Crippen LogP contribution < -0.4 is 0 Å². The number of ether oxygens (including phenoxy) is 1. The maximum Gasteiger partial charge on any atom is 0.226 e. The van der Waals surface area contributed by atoms with E-state index in [0.29, 0.717) is 5.91 Å². The van der Waals surface area contributed by atoms with Crippen LogP contribution in [0.3, 0.4) is 0 Å². The third kappa shape index (κ3) is 10.6. The fourth-order valence-corrected chi connectivity index (χ4v) is 5.15. The Kier molecular flexibility index (Phi) is 13.8. The van der Waals surface area contributed by atoms with E-state index < -0.39 is 0 Å². The van der Waals surface area contributed by atoms with E-state index in [-0.39, 0.29) is 0 Å². The molecule has 0 saturated carbocycles. The second-order valence-corrected chi connectivity index (χ2v) is 10.0. The summed E-state index contributed by atoms with van der Waals surface area (Å²) in [5, 5.41) is 0. The second kappa shape index (κ2) is 16.1. The highest BCUT2D eigenvalue weighted by molar-refractivity contribution is 5.77. The molecule has 30 heavy (non-hydrogen) atoms. The predicted molar refractivity (Wildman–Crippen MR) is 126 cm³/mol. The Morgan fingerprint density at radius 2 is 1.33 bits per heavy atom. The van der Waals surface area contributed by atoms with Crippen LogP contribution in [0.5, 0.6) is 0 Å². The smallest absolute Gasteiger partial charge is 0.226 e. The lowest BCUT2D eigenvalue weighted by atomic mass is 10.0. The molecule has 1 atom stereocenters. The van der Waals surface area contributed by atoms with Gasteiger partial charge >= 0.3 is 0 Å². The number of carbonyl (C=O) groups excluding carboxylic acids is 1. The fourth-order valence-electron chi connectivity index (χ4n) is 5.15. The molecule has 0 aromatic rings. The van der Waals surface area contributed by atoms with E-state index in [1.807, 2.05) is 0 Å². The van der Waals surface area contributed by atoms with Crippen molar-refractivity contribution < 1.29 is 14.0 Å². The SMILES string of the molecule is CCCCCCCCCCCCCCCCCC[N+]1(CN2CCCC2=O)CCOC1. The summed E-state index contributed by atoms with van der Waals surface area (Å²) >= 11 is 0. The van der Waals surface area contributed by atoms with Crippen LogP contribution in [0, 0.1) is 0 Å². The first-order valence-electron chi connectivity index (χ1n) is 13.5. The third-order valence-corrected chi connectivity index (χ3v) is 7.20. The summed E-state index contributed by atoms with van der Waals surface area (Å²) in [7, 11) is 0. The number of likely N-dealkylation sites (tertiary alicyclic amines) is 1. The van der Waals surface area contributed by atoms with Gasteiger partial charge < -0.3 is 4.74 Å². The zero-order valence-corrected chi connectivity index (χ0v) is 20.2. The highest BCUT2D eigenvalue weighted by atomic mass is 16.5. The molecule has 0 spiro atoms. The van der Waals surface area contributed by atoms with Gasteiger partial charge in [0.25, 0.3) is 0 Å². The van der Waals surface area contributed by atoms with Crippen LogP contribution in [0.25, 0.3) is 0 Å². The largest absolute Gasteiger partial charge is 0.326 e. The molecule has 4 heteroatoms. The summed E-state index contributed by atoms with van der Waals surface area (Å²) in [5.41, 5.74) is 0. The van der Waals surface area contributed by atoms with Gasteiger partial charge in [0.1, 0.15) is 13.2 Å². The van der Waals surface area contributed by atoms with Crippen molar-refractivity contribution in [3.63, 3.8) is 0 Å². The predicted octanol–water partition coefficient (Wildman–Crippen LogP) is 6.63. The number of hydrogen-bond acceptors (Lipinski definition) is 2. The molecule has 176 valence electrons. The molecule has 2 fully saturated rings. The maximum absolute atomic E-state index is 12.0. The lowest BCUT2D eigenvalue weighted by Crippen LogP contribution is -2.53. The first-order chi connectivity index (χ1) is 14.8. The lowest BCUT2D eigenvalue weighted by molar-refractivity contribution is -0.933. The molecular formula is C26H51N2O2+. The van der Waals surface area contributed by atoms with Gasteiger partial charge in [0, 0.05) is 13.0 Å². The topological polar surface area (TPSA) is 29.5 Å². The van der Waals surface area contributed by atoms with Gasteiger partial charge in [-0.2, -0.15) is 0 Å². The Labute approximate surface area is 187 Å². The van der Waals surface area contributed by atoms with Crippen molar-refractivity contribution >= 4 is 5.91 Å². The fraction of sp³-hybridized carbons (Fsp3) is 0.962. The Balaban J connectivity index is 1.37. The first kappa shape index (κ1) is 25.6. The molecule has 2 heterocycles. The molecule has 0 bridgehead atoms. The van der Waals surface area contributed by atoms with Crippen molar-refractivity contribution in [2.75, 3.05) is 39.6 Å². The standard InChI is InChI=1S/C26H51N2O2/c1-2-3-4-5-6-7-8-9-10-11-12-13-14-15-16-17-21-28(22-23-30-25-28)24-27-20-18-19-26(27)29/h2-25H2,1H3/q+1. The Hall–Kier alpha value is -0.610. The van der Waals surface area contributed by atoms with Gasteiger partial charge in [-0.3, -0.25) is 14.2 Å². The summed E-state index contributed by atoms with van der Waals surface area (Å²) in [5.74, 6) is 0.353. The van der Waals surface area contributed by atoms with E-state index in [4.69, 9.17) is 4.74 Å². The number of hydrogen-bond donors (Lipinski definition) is 0. The van der Waals surface area contributed by atoms with E-state index in [2.05, 4.69) is 11.8 Å². The van der Waals surface area contributed by atoms with Crippen molar-refractivity contribution in [2.24, 2.45) is 0 Å². The van der Waals surface area contributed by atoms with E-state index in [0.717, 1.165) is 50.4 Å². The number of quaternary nitrogens is 1. The lowest BCUT2D eigenvalue weighted by Gasteiger charge is -2.35. The highest BCUT2D eigenvalue weighted by Crippen LogP contribution is 2.21. The highest BCUT2D eigenvalue weighted by Gasteiger charge is 2.36. The molecule has 2 saturated heterocycles. The molecule has 0 aliphatic carbocycles. The number of rotatable bonds is 19. The zero-order chi connectivity index (χ0) is 21.3. The van der Waals surface area contributed by atoms with E-state index >= 15 is 0 Å². The van der Waals surface area contributed by atoms with E-state index in [1.165, 1.54) is 109 Å². The minimum absolute atomic E-state index is 0.353. The molecule has 1 unspecified atom stereocenters. The van der Waals surface area contributed by atoms with Gasteiger partial charge in [-0.05, 0) is 19.3 Å². The summed E-state index contributed by atoms with van der Waals surface area (Å²) in [6.45, 7) is 8.07.